The fourth-order valence-electron chi connectivity index (χ4n) is 1.99. The summed E-state index contributed by atoms with van der Waals surface area (Å²) >= 11 is 0. The molecule has 0 saturated heterocycles. The zero-order valence-electron chi connectivity index (χ0n) is 12.3. The Balaban J connectivity index is 0.00000289. The van der Waals surface area contributed by atoms with Crippen molar-refractivity contribution >= 4 is 18.9 Å². The van der Waals surface area contributed by atoms with Gasteiger partial charge < -0.3 is 5.32 Å². The number of rotatable bonds is 3. The Morgan fingerprint density at radius 2 is 1.56 bits per heavy atom. The van der Waals surface area contributed by atoms with Gasteiger partial charge in [0.25, 0.3) is 5.91 Å². The summed E-state index contributed by atoms with van der Waals surface area (Å²) in [6.45, 7) is 12.7. The van der Waals surface area contributed by atoms with E-state index in [-0.39, 0.29) is 38.6 Å². The SMILES string of the molecule is Cc1cc(C)c(NC(=O)C[P+](C)(C)C)c(C)c1.[Y]. The second-order valence-corrected chi connectivity index (χ2v) is 10.7. The summed E-state index contributed by atoms with van der Waals surface area (Å²) in [5.41, 5.74) is 4.50. The first-order chi connectivity index (χ1) is 7.69. The van der Waals surface area contributed by atoms with Gasteiger partial charge in [-0.3, -0.25) is 4.79 Å². The van der Waals surface area contributed by atoms with Crippen LogP contribution >= 0.6 is 7.26 Å². The van der Waals surface area contributed by atoms with Gasteiger partial charge in [0.15, 0.2) is 0 Å². The summed E-state index contributed by atoms with van der Waals surface area (Å²) in [4.78, 5) is 11.9. The molecule has 0 aliphatic carbocycles. The van der Waals surface area contributed by atoms with E-state index in [4.69, 9.17) is 0 Å². The molecule has 0 heterocycles. The van der Waals surface area contributed by atoms with Crippen LogP contribution in [-0.4, -0.2) is 32.1 Å². The molecule has 1 aromatic rings. The Labute approximate surface area is 137 Å². The number of amides is 1. The van der Waals surface area contributed by atoms with Gasteiger partial charge in [0, 0.05) is 65.7 Å². The van der Waals surface area contributed by atoms with E-state index in [1.165, 1.54) is 5.56 Å². The van der Waals surface area contributed by atoms with E-state index in [1.54, 1.807) is 0 Å². The first-order valence-electron chi connectivity index (χ1n) is 5.87. The quantitative estimate of drug-likeness (QED) is 0.839. The third kappa shape index (κ3) is 5.91. The number of carbonyl (C=O) groups is 1. The Morgan fingerprint density at radius 1 is 1.11 bits per heavy atom. The van der Waals surface area contributed by atoms with Gasteiger partial charge in [-0.2, -0.15) is 0 Å². The number of hydrogen-bond donors (Lipinski definition) is 1. The molecule has 0 bridgehead atoms. The second-order valence-electron chi connectivity index (χ2n) is 5.77. The molecule has 1 radical (unpaired) electrons. The normalized spacial score (nSPS) is 10.8. The van der Waals surface area contributed by atoms with Crippen LogP contribution in [0.15, 0.2) is 12.1 Å². The minimum Gasteiger partial charge on any atom is -0.322 e. The molecule has 97 valence electrons. The molecule has 18 heavy (non-hydrogen) atoms. The number of hydrogen-bond acceptors (Lipinski definition) is 1. The molecule has 0 spiro atoms. The van der Waals surface area contributed by atoms with Crippen LogP contribution in [0.2, 0.25) is 0 Å². The number of benzene rings is 1. The summed E-state index contributed by atoms with van der Waals surface area (Å²) in [6, 6.07) is 4.21. The Hall–Kier alpha value is 0.224. The Bertz CT molecular complexity index is 415. The van der Waals surface area contributed by atoms with Gasteiger partial charge in [0.05, 0.1) is 0 Å². The maximum atomic E-state index is 11.9. The standard InChI is InChI=1S/C14H22NOP.Y/c1-10-7-11(2)14(12(3)8-10)15-13(16)9-17(4,5)6;/h7-8H,9H2,1-6H3;/p+1. The average molecular weight is 341 g/mol. The van der Waals surface area contributed by atoms with Crippen molar-refractivity contribution in [1.82, 2.24) is 0 Å². The Kier molecular flexibility index (Phi) is 7.21. The van der Waals surface area contributed by atoms with E-state index in [0.717, 1.165) is 16.8 Å². The molecule has 0 fully saturated rings. The molecular weight excluding hydrogens is 318 g/mol. The van der Waals surface area contributed by atoms with Gasteiger partial charge in [-0.05, 0) is 31.9 Å². The fourth-order valence-corrected chi connectivity index (χ4v) is 2.93. The van der Waals surface area contributed by atoms with Crippen molar-refractivity contribution in [3.05, 3.63) is 28.8 Å². The van der Waals surface area contributed by atoms with Crippen molar-refractivity contribution < 1.29 is 37.5 Å². The third-order valence-electron chi connectivity index (χ3n) is 2.56. The van der Waals surface area contributed by atoms with Crippen molar-refractivity contribution in [2.24, 2.45) is 0 Å². The van der Waals surface area contributed by atoms with Crippen molar-refractivity contribution in [2.75, 3.05) is 31.5 Å². The second kappa shape index (κ2) is 7.13. The van der Waals surface area contributed by atoms with Crippen molar-refractivity contribution in [3.63, 3.8) is 0 Å². The van der Waals surface area contributed by atoms with Crippen molar-refractivity contribution in [2.45, 2.75) is 20.8 Å². The summed E-state index contributed by atoms with van der Waals surface area (Å²) in [5, 5.41) is 3.05. The van der Waals surface area contributed by atoms with E-state index in [2.05, 4.69) is 44.4 Å². The Morgan fingerprint density at radius 3 is 1.94 bits per heavy atom. The summed E-state index contributed by atoms with van der Waals surface area (Å²) in [6.07, 6.45) is 0.653. The van der Waals surface area contributed by atoms with E-state index in [9.17, 15) is 4.79 Å². The van der Waals surface area contributed by atoms with Crippen LogP contribution in [-0.2, 0) is 37.5 Å². The number of aryl methyl sites for hydroxylation is 3. The van der Waals surface area contributed by atoms with E-state index in [1.807, 2.05) is 13.8 Å². The maximum Gasteiger partial charge on any atom is 0.261 e. The fraction of sp³-hybridized carbons (Fsp3) is 0.500. The smallest absolute Gasteiger partial charge is 0.261 e. The molecule has 0 saturated carbocycles. The third-order valence-corrected chi connectivity index (χ3v) is 3.80. The molecule has 1 aromatic carbocycles. The number of carbonyl (C=O) groups excluding carboxylic acids is 1. The summed E-state index contributed by atoms with van der Waals surface area (Å²) in [5.74, 6) is 0.140. The predicted molar refractivity (Wildman–Crippen MR) is 78.8 cm³/mol. The first-order valence-corrected chi connectivity index (χ1v) is 9.19. The van der Waals surface area contributed by atoms with Gasteiger partial charge in [-0.1, -0.05) is 17.7 Å². The predicted octanol–water partition coefficient (Wildman–Crippen LogP) is 3.45. The van der Waals surface area contributed by atoms with Gasteiger partial charge >= 0.3 is 0 Å². The topological polar surface area (TPSA) is 29.1 Å². The van der Waals surface area contributed by atoms with Gasteiger partial charge in [-0.25, -0.2) is 0 Å². The summed E-state index contributed by atoms with van der Waals surface area (Å²) in [7, 11) is -1.06. The molecule has 1 amide bonds. The minimum atomic E-state index is -1.06. The molecule has 0 aliphatic heterocycles. The zero-order chi connectivity index (χ0) is 13.2. The average Bonchev–Trinajstić information content (AvgIpc) is 2.08. The van der Waals surface area contributed by atoms with E-state index < -0.39 is 7.26 Å². The van der Waals surface area contributed by atoms with Crippen LogP contribution in [0.5, 0.6) is 0 Å². The number of nitrogens with one attached hydrogen (secondary N) is 1. The van der Waals surface area contributed by atoms with Crippen molar-refractivity contribution in [1.29, 1.82) is 0 Å². The molecular formula is C14H23NOPY+. The molecule has 2 nitrogen and oxygen atoms in total. The van der Waals surface area contributed by atoms with E-state index in [0.29, 0.717) is 6.16 Å². The van der Waals surface area contributed by atoms with Crippen LogP contribution < -0.4 is 5.32 Å². The van der Waals surface area contributed by atoms with E-state index >= 15 is 0 Å². The monoisotopic (exact) mass is 341 g/mol. The molecule has 0 unspecified atom stereocenters. The molecule has 0 aromatic heterocycles. The molecule has 1 rings (SSSR count). The minimum absolute atomic E-state index is 0. The molecule has 0 aliphatic rings. The van der Waals surface area contributed by atoms with Crippen LogP contribution in [0.3, 0.4) is 0 Å². The maximum absolute atomic E-state index is 11.9. The molecule has 4 heteroatoms. The van der Waals surface area contributed by atoms with Crippen LogP contribution in [0.25, 0.3) is 0 Å². The molecule has 1 N–H and O–H groups in total. The van der Waals surface area contributed by atoms with Gasteiger partial charge in [-0.15, -0.1) is 0 Å². The van der Waals surface area contributed by atoms with Crippen LogP contribution in [0.4, 0.5) is 5.69 Å². The first kappa shape index (κ1) is 18.2. The van der Waals surface area contributed by atoms with Crippen LogP contribution in [0.1, 0.15) is 16.7 Å². The summed E-state index contributed by atoms with van der Waals surface area (Å²) < 4.78 is 0. The van der Waals surface area contributed by atoms with Gasteiger partial charge in [0.2, 0.25) is 0 Å². The number of anilines is 1. The molecule has 0 atom stereocenters. The zero-order valence-corrected chi connectivity index (χ0v) is 16.0. The van der Waals surface area contributed by atoms with Gasteiger partial charge in [0.1, 0.15) is 6.16 Å². The van der Waals surface area contributed by atoms with Crippen LogP contribution in [0, 0.1) is 20.8 Å². The largest absolute Gasteiger partial charge is 0.322 e. The van der Waals surface area contributed by atoms with Crippen molar-refractivity contribution in [3.8, 4) is 0 Å².